The average Bonchev–Trinajstić information content (AvgIpc) is 3.03. The van der Waals surface area contributed by atoms with Crippen LogP contribution >= 0.6 is 0 Å². The molecule has 0 aromatic rings. The molecule has 1 aliphatic carbocycles. The molecule has 2 N–H and O–H groups in total. The van der Waals surface area contributed by atoms with Gasteiger partial charge in [-0.2, -0.15) is 0 Å². The summed E-state index contributed by atoms with van der Waals surface area (Å²) in [5.41, 5.74) is 0. The van der Waals surface area contributed by atoms with Crippen molar-refractivity contribution in [2.75, 3.05) is 46.8 Å². The fraction of sp³-hybridized carbons (Fsp3) is 1.00. The van der Waals surface area contributed by atoms with E-state index in [-0.39, 0.29) is 0 Å². The molecule has 0 radical (unpaired) electrons. The Morgan fingerprint density at radius 1 is 1.05 bits per heavy atom. The van der Waals surface area contributed by atoms with Gasteiger partial charge >= 0.3 is 0 Å². The molecular formula is C17H34N4. The molecule has 0 aromatic heterocycles. The Labute approximate surface area is 130 Å². The van der Waals surface area contributed by atoms with Crippen molar-refractivity contribution in [2.45, 2.75) is 56.7 Å². The van der Waals surface area contributed by atoms with Crippen molar-refractivity contribution in [1.29, 1.82) is 0 Å². The van der Waals surface area contributed by atoms with Crippen molar-refractivity contribution in [1.82, 2.24) is 20.4 Å². The highest BCUT2D eigenvalue weighted by Gasteiger charge is 2.33. The van der Waals surface area contributed by atoms with E-state index in [2.05, 4.69) is 34.5 Å². The van der Waals surface area contributed by atoms with E-state index >= 15 is 0 Å². The minimum absolute atomic E-state index is 0.683. The number of nitrogens with one attached hydrogen (secondary N) is 2. The van der Waals surface area contributed by atoms with Crippen molar-refractivity contribution in [3.05, 3.63) is 0 Å². The van der Waals surface area contributed by atoms with Crippen LogP contribution < -0.4 is 10.6 Å². The molecule has 3 aliphatic rings. The molecule has 4 heteroatoms. The van der Waals surface area contributed by atoms with Crippen LogP contribution in [-0.2, 0) is 0 Å². The monoisotopic (exact) mass is 294 g/mol. The second-order valence-electron chi connectivity index (χ2n) is 7.56. The minimum Gasteiger partial charge on any atom is -0.314 e. The van der Waals surface area contributed by atoms with E-state index in [1.54, 1.807) is 0 Å². The summed E-state index contributed by atoms with van der Waals surface area (Å²) >= 11 is 0. The molecule has 4 atom stereocenters. The maximum absolute atomic E-state index is 3.96. The molecule has 0 aromatic carbocycles. The Kier molecular flexibility index (Phi) is 5.54. The molecule has 21 heavy (non-hydrogen) atoms. The van der Waals surface area contributed by atoms with E-state index in [0.29, 0.717) is 6.04 Å². The lowest BCUT2D eigenvalue weighted by molar-refractivity contribution is 0.104. The fourth-order valence-corrected chi connectivity index (χ4v) is 4.58. The largest absolute Gasteiger partial charge is 0.314 e. The molecule has 3 rings (SSSR count). The first-order valence-electron chi connectivity index (χ1n) is 9.09. The molecule has 4 unspecified atom stereocenters. The van der Waals surface area contributed by atoms with E-state index in [1.807, 2.05) is 0 Å². The van der Waals surface area contributed by atoms with Gasteiger partial charge in [-0.3, -0.25) is 4.90 Å². The van der Waals surface area contributed by atoms with Crippen molar-refractivity contribution >= 4 is 0 Å². The average molecular weight is 294 g/mol. The van der Waals surface area contributed by atoms with Crippen molar-refractivity contribution < 1.29 is 0 Å². The molecular weight excluding hydrogens is 260 g/mol. The first kappa shape index (κ1) is 15.7. The van der Waals surface area contributed by atoms with Gasteiger partial charge in [0.2, 0.25) is 0 Å². The highest BCUT2D eigenvalue weighted by Crippen LogP contribution is 2.30. The van der Waals surface area contributed by atoms with Crippen LogP contribution in [-0.4, -0.2) is 74.7 Å². The molecule has 0 amide bonds. The van der Waals surface area contributed by atoms with Crippen LogP contribution in [0.25, 0.3) is 0 Å². The topological polar surface area (TPSA) is 30.5 Å². The van der Waals surface area contributed by atoms with E-state index in [9.17, 15) is 0 Å². The fourth-order valence-electron chi connectivity index (χ4n) is 4.58. The van der Waals surface area contributed by atoms with Crippen LogP contribution in [0.15, 0.2) is 0 Å². The second kappa shape index (κ2) is 7.40. The van der Waals surface area contributed by atoms with Gasteiger partial charge in [-0.25, -0.2) is 0 Å². The number of nitrogens with zero attached hydrogens (tertiary/aromatic N) is 2. The first-order chi connectivity index (χ1) is 10.2. The third-order valence-corrected chi connectivity index (χ3v) is 6.03. The van der Waals surface area contributed by atoms with E-state index in [4.69, 9.17) is 0 Å². The summed E-state index contributed by atoms with van der Waals surface area (Å²) in [6.45, 7) is 6.04. The van der Waals surface area contributed by atoms with E-state index < -0.39 is 0 Å². The van der Waals surface area contributed by atoms with Gasteiger partial charge in [-0.1, -0.05) is 12.8 Å². The Hall–Kier alpha value is -0.160. The van der Waals surface area contributed by atoms with Gasteiger partial charge in [0.25, 0.3) is 0 Å². The summed E-state index contributed by atoms with van der Waals surface area (Å²) in [4.78, 5) is 5.02. The first-order valence-corrected chi connectivity index (χ1v) is 9.09. The molecule has 2 saturated heterocycles. The Balaban J connectivity index is 1.52. The molecule has 2 heterocycles. The van der Waals surface area contributed by atoms with Gasteiger partial charge in [0, 0.05) is 44.3 Å². The maximum Gasteiger partial charge on any atom is 0.0345 e. The molecule has 122 valence electrons. The zero-order valence-electron chi connectivity index (χ0n) is 14.0. The third kappa shape index (κ3) is 3.98. The van der Waals surface area contributed by atoms with Gasteiger partial charge in [0.05, 0.1) is 0 Å². The van der Waals surface area contributed by atoms with Crippen LogP contribution in [0.5, 0.6) is 0 Å². The van der Waals surface area contributed by atoms with Crippen molar-refractivity contribution in [2.24, 2.45) is 5.92 Å². The SMILES string of the molecule is CN1CCN(C)C(CNC2CCCCC2C2CCCN2)C1. The summed E-state index contributed by atoms with van der Waals surface area (Å²) in [6.07, 6.45) is 8.44. The van der Waals surface area contributed by atoms with Gasteiger partial charge < -0.3 is 15.5 Å². The lowest BCUT2D eigenvalue weighted by Crippen LogP contribution is -2.56. The molecule has 2 aliphatic heterocycles. The number of likely N-dealkylation sites (N-methyl/N-ethyl adjacent to an activating group) is 2. The van der Waals surface area contributed by atoms with E-state index in [1.165, 1.54) is 64.7 Å². The van der Waals surface area contributed by atoms with Gasteiger partial charge in [0.15, 0.2) is 0 Å². The molecule has 4 nitrogen and oxygen atoms in total. The van der Waals surface area contributed by atoms with Crippen LogP contribution in [0.3, 0.4) is 0 Å². The van der Waals surface area contributed by atoms with Gasteiger partial charge in [-0.15, -0.1) is 0 Å². The quantitative estimate of drug-likeness (QED) is 0.814. The lowest BCUT2D eigenvalue weighted by Gasteiger charge is -2.41. The normalized spacial score (nSPS) is 39.7. The molecule has 0 spiro atoms. The minimum atomic E-state index is 0.683. The van der Waals surface area contributed by atoms with Crippen LogP contribution in [0, 0.1) is 5.92 Å². The predicted molar refractivity (Wildman–Crippen MR) is 88.7 cm³/mol. The second-order valence-corrected chi connectivity index (χ2v) is 7.56. The number of piperazine rings is 1. The molecule has 1 saturated carbocycles. The lowest BCUT2D eigenvalue weighted by atomic mass is 9.79. The number of hydrogen-bond donors (Lipinski definition) is 2. The van der Waals surface area contributed by atoms with E-state index in [0.717, 1.165) is 24.5 Å². The highest BCUT2D eigenvalue weighted by molar-refractivity contribution is 4.92. The van der Waals surface area contributed by atoms with Crippen LogP contribution in [0.4, 0.5) is 0 Å². The Morgan fingerprint density at radius 3 is 2.71 bits per heavy atom. The van der Waals surface area contributed by atoms with Gasteiger partial charge in [-0.05, 0) is 52.2 Å². The zero-order chi connectivity index (χ0) is 14.7. The summed E-state index contributed by atoms with van der Waals surface area (Å²) in [6, 6.07) is 2.22. The third-order valence-electron chi connectivity index (χ3n) is 6.03. The summed E-state index contributed by atoms with van der Waals surface area (Å²) < 4.78 is 0. The standard InChI is InChI=1S/C17H34N4/c1-20-10-11-21(2)14(13-20)12-19-17-7-4-3-6-15(17)16-8-5-9-18-16/h14-19H,3-13H2,1-2H3. The molecule has 3 fully saturated rings. The zero-order valence-corrected chi connectivity index (χ0v) is 14.0. The summed E-state index contributed by atoms with van der Waals surface area (Å²) in [5.74, 6) is 0.868. The Morgan fingerprint density at radius 2 is 1.90 bits per heavy atom. The highest BCUT2D eigenvalue weighted by atomic mass is 15.3. The van der Waals surface area contributed by atoms with Gasteiger partial charge in [0.1, 0.15) is 0 Å². The van der Waals surface area contributed by atoms with Crippen LogP contribution in [0.2, 0.25) is 0 Å². The smallest absolute Gasteiger partial charge is 0.0345 e. The maximum atomic E-state index is 3.96. The summed E-state index contributed by atoms with van der Waals surface area (Å²) in [5, 5.41) is 7.71. The Bertz CT molecular complexity index is 316. The predicted octanol–water partition coefficient (Wildman–Crippen LogP) is 1.13. The van der Waals surface area contributed by atoms with Crippen LogP contribution in [0.1, 0.15) is 38.5 Å². The van der Waals surface area contributed by atoms with Crippen molar-refractivity contribution in [3.8, 4) is 0 Å². The summed E-state index contributed by atoms with van der Waals surface area (Å²) in [7, 11) is 4.54. The number of hydrogen-bond acceptors (Lipinski definition) is 4. The van der Waals surface area contributed by atoms with Crippen molar-refractivity contribution in [3.63, 3.8) is 0 Å². The molecule has 0 bridgehead atoms. The number of rotatable bonds is 4.